The molecule has 1 atom stereocenters. The van der Waals surface area contributed by atoms with Gasteiger partial charge in [0.25, 0.3) is 0 Å². The molecule has 1 unspecified atom stereocenters. The number of hydrogen-bond donors (Lipinski definition) is 3. The van der Waals surface area contributed by atoms with E-state index in [0.717, 1.165) is 12.1 Å². The minimum Gasteiger partial charge on any atom is -0.393 e. The molecule has 1 heterocycles. The normalized spacial score (nSPS) is 16.8. The zero-order valence-corrected chi connectivity index (χ0v) is 21.2. The molecule has 1 aromatic rings. The molecule has 8 heteroatoms. The van der Waals surface area contributed by atoms with Crippen LogP contribution in [0.15, 0.2) is 23.2 Å². The Morgan fingerprint density at radius 1 is 1.30 bits per heavy atom. The Balaban J connectivity index is 0.00000450. The SMILES string of the molecule is CCNC(=NCc1ccc(N2CCC(O)CC2)c(F)c1)NCC(OC)C(C)(C)C.I. The molecule has 0 amide bonds. The monoisotopic (exact) mass is 536 g/mol. The Morgan fingerprint density at radius 3 is 2.50 bits per heavy atom. The van der Waals surface area contributed by atoms with Crippen LogP contribution in [0.25, 0.3) is 0 Å². The van der Waals surface area contributed by atoms with E-state index < -0.39 is 0 Å². The van der Waals surface area contributed by atoms with Gasteiger partial charge in [-0.25, -0.2) is 9.38 Å². The third-order valence-corrected chi connectivity index (χ3v) is 5.29. The lowest BCUT2D eigenvalue weighted by atomic mass is 9.89. The van der Waals surface area contributed by atoms with Crippen LogP contribution in [0.1, 0.15) is 46.1 Å². The number of rotatable bonds is 7. The quantitative estimate of drug-likeness (QED) is 0.283. The van der Waals surface area contributed by atoms with Gasteiger partial charge in [-0.2, -0.15) is 0 Å². The summed E-state index contributed by atoms with van der Waals surface area (Å²) in [5.41, 5.74) is 1.44. The van der Waals surface area contributed by atoms with Gasteiger partial charge in [-0.1, -0.05) is 26.8 Å². The van der Waals surface area contributed by atoms with Crippen LogP contribution in [0.4, 0.5) is 10.1 Å². The Morgan fingerprint density at radius 2 is 1.97 bits per heavy atom. The van der Waals surface area contributed by atoms with Crippen LogP contribution >= 0.6 is 24.0 Å². The number of nitrogens with one attached hydrogen (secondary N) is 2. The van der Waals surface area contributed by atoms with Crippen molar-refractivity contribution in [3.8, 4) is 0 Å². The second kappa shape index (κ2) is 12.7. The lowest BCUT2D eigenvalue weighted by Gasteiger charge is -2.31. The number of hydrogen-bond acceptors (Lipinski definition) is 4. The van der Waals surface area contributed by atoms with E-state index in [1.165, 1.54) is 0 Å². The standard InChI is InChI=1S/C22H37FN4O2.HI/c1-6-24-21(26-15-20(29-5)22(2,3)4)25-14-16-7-8-19(18(23)13-16)27-11-9-17(28)10-12-27;/h7-8,13,17,20,28H,6,9-12,14-15H2,1-5H3,(H2,24,25,26);1H. The molecule has 1 aliphatic heterocycles. The molecule has 3 N–H and O–H groups in total. The van der Waals surface area contributed by atoms with Gasteiger partial charge >= 0.3 is 0 Å². The van der Waals surface area contributed by atoms with Gasteiger partial charge in [0.15, 0.2) is 5.96 Å². The molecular formula is C22H38FIN4O2. The molecule has 1 fully saturated rings. The van der Waals surface area contributed by atoms with E-state index >= 15 is 0 Å². The van der Waals surface area contributed by atoms with Crippen LogP contribution in [0.5, 0.6) is 0 Å². The Kier molecular flexibility index (Phi) is 11.4. The van der Waals surface area contributed by atoms with Crippen LogP contribution in [0, 0.1) is 11.2 Å². The van der Waals surface area contributed by atoms with Gasteiger partial charge in [0.2, 0.25) is 0 Å². The van der Waals surface area contributed by atoms with Gasteiger partial charge in [-0.3, -0.25) is 0 Å². The molecule has 1 aromatic carbocycles. The first kappa shape index (κ1) is 26.9. The molecule has 0 saturated carbocycles. The summed E-state index contributed by atoms with van der Waals surface area (Å²) in [5.74, 6) is 0.451. The van der Waals surface area contributed by atoms with Gasteiger partial charge in [0.05, 0.1) is 24.4 Å². The van der Waals surface area contributed by atoms with Gasteiger partial charge in [0.1, 0.15) is 5.82 Å². The highest BCUT2D eigenvalue weighted by atomic mass is 127. The van der Waals surface area contributed by atoms with E-state index in [2.05, 4.69) is 36.4 Å². The predicted molar refractivity (Wildman–Crippen MR) is 132 cm³/mol. The predicted octanol–water partition coefficient (Wildman–Crippen LogP) is 3.52. The topological polar surface area (TPSA) is 69.1 Å². The molecule has 1 saturated heterocycles. The van der Waals surface area contributed by atoms with Crippen molar-refractivity contribution in [3.63, 3.8) is 0 Å². The van der Waals surface area contributed by atoms with E-state index in [0.29, 0.717) is 50.7 Å². The lowest BCUT2D eigenvalue weighted by molar-refractivity contribution is 0.0205. The maximum atomic E-state index is 14.6. The lowest BCUT2D eigenvalue weighted by Crippen LogP contribution is -2.45. The first-order chi connectivity index (χ1) is 13.7. The smallest absolute Gasteiger partial charge is 0.191 e. The number of aliphatic imine (C=N–C) groups is 1. The molecular weight excluding hydrogens is 498 g/mol. The Hall–Kier alpha value is -1.13. The number of methoxy groups -OCH3 is 1. The molecule has 0 aromatic heterocycles. The maximum Gasteiger partial charge on any atom is 0.191 e. The Labute approximate surface area is 197 Å². The number of ether oxygens (including phenoxy) is 1. The third-order valence-electron chi connectivity index (χ3n) is 5.29. The van der Waals surface area contributed by atoms with Gasteiger partial charge in [-0.05, 0) is 42.9 Å². The fraction of sp³-hybridized carbons (Fsp3) is 0.682. The fourth-order valence-electron chi connectivity index (χ4n) is 3.46. The van der Waals surface area contributed by atoms with E-state index in [1.807, 2.05) is 24.0 Å². The van der Waals surface area contributed by atoms with Crippen molar-refractivity contribution in [2.45, 2.75) is 59.3 Å². The number of guanidine groups is 1. The minimum atomic E-state index is -0.268. The number of piperidine rings is 1. The van der Waals surface area contributed by atoms with Crippen molar-refractivity contribution in [1.82, 2.24) is 10.6 Å². The van der Waals surface area contributed by atoms with E-state index in [4.69, 9.17) is 4.74 Å². The van der Waals surface area contributed by atoms with Crippen molar-refractivity contribution >= 4 is 35.6 Å². The average molecular weight is 536 g/mol. The van der Waals surface area contributed by atoms with Crippen LogP contribution in [0.2, 0.25) is 0 Å². The van der Waals surface area contributed by atoms with Crippen molar-refractivity contribution in [2.75, 3.05) is 38.2 Å². The first-order valence-corrected chi connectivity index (χ1v) is 10.5. The minimum absolute atomic E-state index is 0. The summed E-state index contributed by atoms with van der Waals surface area (Å²) in [6, 6.07) is 5.29. The molecule has 0 bridgehead atoms. The van der Waals surface area contributed by atoms with Crippen LogP contribution in [-0.2, 0) is 11.3 Å². The van der Waals surface area contributed by atoms with Crippen LogP contribution in [-0.4, -0.2) is 56.6 Å². The molecule has 172 valence electrons. The number of benzene rings is 1. The van der Waals surface area contributed by atoms with E-state index in [9.17, 15) is 9.50 Å². The van der Waals surface area contributed by atoms with Gasteiger partial charge in [-0.15, -0.1) is 24.0 Å². The van der Waals surface area contributed by atoms with Crippen LogP contribution in [0.3, 0.4) is 0 Å². The summed E-state index contributed by atoms with van der Waals surface area (Å²) in [6.07, 6.45) is 1.14. The first-order valence-electron chi connectivity index (χ1n) is 10.5. The Bertz CT molecular complexity index is 674. The van der Waals surface area contributed by atoms with Gasteiger partial charge in [0, 0.05) is 33.3 Å². The summed E-state index contributed by atoms with van der Waals surface area (Å²) >= 11 is 0. The highest BCUT2D eigenvalue weighted by molar-refractivity contribution is 14.0. The zero-order chi connectivity index (χ0) is 21.4. The number of aliphatic hydroxyl groups excluding tert-OH is 1. The summed E-state index contributed by atoms with van der Waals surface area (Å²) < 4.78 is 20.2. The molecule has 0 aliphatic carbocycles. The van der Waals surface area contributed by atoms with Crippen molar-refractivity contribution in [1.29, 1.82) is 0 Å². The van der Waals surface area contributed by atoms with Gasteiger partial charge < -0.3 is 25.4 Å². The largest absolute Gasteiger partial charge is 0.393 e. The molecule has 1 aliphatic rings. The van der Waals surface area contributed by atoms with E-state index in [-0.39, 0.29) is 47.4 Å². The molecule has 0 radical (unpaired) electrons. The second-order valence-electron chi connectivity index (χ2n) is 8.67. The third kappa shape index (κ3) is 8.19. The van der Waals surface area contributed by atoms with E-state index in [1.54, 1.807) is 13.2 Å². The summed E-state index contributed by atoms with van der Waals surface area (Å²) in [4.78, 5) is 6.59. The fourth-order valence-corrected chi connectivity index (χ4v) is 3.46. The summed E-state index contributed by atoms with van der Waals surface area (Å²) in [7, 11) is 1.72. The molecule has 30 heavy (non-hydrogen) atoms. The molecule has 2 rings (SSSR count). The number of halogens is 2. The van der Waals surface area contributed by atoms with Crippen LogP contribution < -0.4 is 15.5 Å². The average Bonchev–Trinajstić information content (AvgIpc) is 2.66. The second-order valence-corrected chi connectivity index (χ2v) is 8.67. The zero-order valence-electron chi connectivity index (χ0n) is 18.9. The summed E-state index contributed by atoms with van der Waals surface area (Å²) in [5, 5.41) is 16.2. The summed E-state index contributed by atoms with van der Waals surface area (Å²) in [6.45, 7) is 11.6. The highest BCUT2D eigenvalue weighted by Crippen LogP contribution is 2.24. The van der Waals surface area contributed by atoms with Crippen molar-refractivity contribution in [2.24, 2.45) is 10.4 Å². The number of anilines is 1. The molecule has 0 spiro atoms. The highest BCUT2D eigenvalue weighted by Gasteiger charge is 2.24. The van der Waals surface area contributed by atoms with Crippen molar-refractivity contribution in [3.05, 3.63) is 29.6 Å². The van der Waals surface area contributed by atoms with Crippen molar-refractivity contribution < 1.29 is 14.2 Å². The number of nitrogens with zero attached hydrogens (tertiary/aromatic N) is 2. The maximum absolute atomic E-state index is 14.6. The molecule has 6 nitrogen and oxygen atoms in total. The number of aliphatic hydroxyl groups is 1.